The Bertz CT molecular complexity index is 939. The van der Waals surface area contributed by atoms with Gasteiger partial charge in [-0.2, -0.15) is 11.8 Å². The maximum atomic E-state index is 13.5. The first kappa shape index (κ1) is 42.5. The number of thioether (sulfide) groups is 1. The Kier molecular flexibility index (Phi) is 20.1. The third-order valence-corrected chi connectivity index (χ3v) is 7.52. The molecule has 12 nitrogen and oxygen atoms in total. The predicted molar refractivity (Wildman–Crippen MR) is 180 cm³/mol. The van der Waals surface area contributed by atoms with Crippen LogP contribution in [0.25, 0.3) is 0 Å². The molecule has 0 heterocycles. The largest absolute Gasteiger partial charge is 0.444 e. The number of aliphatic hydroxyl groups excluding tert-OH is 1. The van der Waals surface area contributed by atoms with Gasteiger partial charge in [-0.3, -0.25) is 19.2 Å². The van der Waals surface area contributed by atoms with Crippen LogP contribution in [0.1, 0.15) is 101 Å². The summed E-state index contributed by atoms with van der Waals surface area (Å²) < 4.78 is 5.31. The second kappa shape index (κ2) is 21.3. The van der Waals surface area contributed by atoms with Gasteiger partial charge in [-0.15, -0.1) is 0 Å². The molecule has 45 heavy (non-hydrogen) atoms. The Balaban J connectivity index is 5.70. The van der Waals surface area contributed by atoms with Crippen LogP contribution in [-0.4, -0.2) is 89.3 Å². The van der Waals surface area contributed by atoms with Crippen LogP contribution >= 0.6 is 11.8 Å². The van der Waals surface area contributed by atoms with Gasteiger partial charge in [-0.1, -0.05) is 54.9 Å². The van der Waals surface area contributed by atoms with Crippen molar-refractivity contribution < 1.29 is 33.8 Å². The maximum Gasteiger partial charge on any atom is 0.408 e. The van der Waals surface area contributed by atoms with E-state index in [-0.39, 0.29) is 30.1 Å². The minimum atomic E-state index is -1.23. The molecule has 0 aromatic heterocycles. The molecule has 0 aromatic carbocycles. The Labute approximate surface area is 275 Å². The average Bonchev–Trinajstić information content (AvgIpc) is 2.90. The molecule has 0 aromatic rings. The molecule has 0 saturated heterocycles. The molecule has 5 amide bonds. The van der Waals surface area contributed by atoms with E-state index in [4.69, 9.17) is 4.74 Å². The summed E-state index contributed by atoms with van der Waals surface area (Å²) in [6, 6.07) is -3.43. The molecule has 0 radical (unpaired) electrons. The number of amides is 5. The summed E-state index contributed by atoms with van der Waals surface area (Å²) >= 11 is 1.51. The zero-order valence-electron chi connectivity index (χ0n) is 29.4. The van der Waals surface area contributed by atoms with Crippen LogP contribution in [0.15, 0.2) is 0 Å². The average molecular weight is 660 g/mol. The second-order valence-electron chi connectivity index (χ2n) is 13.7. The number of ether oxygens (including phenoxy) is 1. The monoisotopic (exact) mass is 659 g/mol. The van der Waals surface area contributed by atoms with Gasteiger partial charge >= 0.3 is 6.09 Å². The van der Waals surface area contributed by atoms with E-state index >= 15 is 0 Å². The summed E-state index contributed by atoms with van der Waals surface area (Å²) in [6.45, 7) is 18.8. The van der Waals surface area contributed by atoms with E-state index < -0.39 is 59.7 Å². The maximum absolute atomic E-state index is 13.5. The molecule has 0 saturated carbocycles. The van der Waals surface area contributed by atoms with Crippen molar-refractivity contribution in [2.75, 3.05) is 18.6 Å². The second-order valence-corrected chi connectivity index (χ2v) is 14.6. The summed E-state index contributed by atoms with van der Waals surface area (Å²) in [5, 5.41) is 24.9. The molecule has 13 heteroatoms. The predicted octanol–water partition coefficient (Wildman–Crippen LogP) is 3.11. The molecule has 6 N–H and O–H groups in total. The van der Waals surface area contributed by atoms with Gasteiger partial charge in [0.1, 0.15) is 23.7 Å². The van der Waals surface area contributed by atoms with Crippen molar-refractivity contribution in [3.63, 3.8) is 0 Å². The summed E-state index contributed by atoms with van der Waals surface area (Å²) in [6.07, 6.45) is 2.04. The first-order valence-corrected chi connectivity index (χ1v) is 17.6. The summed E-state index contributed by atoms with van der Waals surface area (Å²) in [7, 11) is 0. The zero-order valence-corrected chi connectivity index (χ0v) is 30.2. The first-order valence-electron chi connectivity index (χ1n) is 16.2. The molecular weight excluding hydrogens is 598 g/mol. The van der Waals surface area contributed by atoms with Gasteiger partial charge in [0.25, 0.3) is 0 Å². The lowest BCUT2D eigenvalue weighted by Gasteiger charge is -2.30. The molecule has 0 aliphatic carbocycles. The number of hydrogen-bond donors (Lipinski definition) is 6. The van der Waals surface area contributed by atoms with Gasteiger partial charge in [0.15, 0.2) is 0 Å². The van der Waals surface area contributed by atoms with Gasteiger partial charge in [0.2, 0.25) is 23.6 Å². The van der Waals surface area contributed by atoms with Crippen LogP contribution in [0, 0.1) is 17.8 Å². The van der Waals surface area contributed by atoms with Crippen LogP contribution in [0.4, 0.5) is 4.79 Å². The van der Waals surface area contributed by atoms with E-state index in [9.17, 15) is 29.1 Å². The lowest BCUT2D eigenvalue weighted by atomic mass is 9.96. The summed E-state index contributed by atoms with van der Waals surface area (Å²) in [5.41, 5.74) is -0.747. The molecule has 0 aliphatic rings. The van der Waals surface area contributed by atoms with Crippen molar-refractivity contribution >= 4 is 41.5 Å². The quantitative estimate of drug-likeness (QED) is 0.108. The van der Waals surface area contributed by atoms with Crippen molar-refractivity contribution in [2.45, 2.75) is 137 Å². The number of carbonyl (C=O) groups excluding carboxylic acids is 5. The minimum absolute atomic E-state index is 0.0726. The van der Waals surface area contributed by atoms with Crippen molar-refractivity contribution in [1.29, 1.82) is 0 Å². The van der Waals surface area contributed by atoms with Crippen molar-refractivity contribution in [3.8, 4) is 0 Å². The number of carbonyl (C=O) groups is 5. The Hall–Kier alpha value is -2.54. The fourth-order valence-corrected chi connectivity index (χ4v) is 4.91. The van der Waals surface area contributed by atoms with E-state index in [0.717, 1.165) is 12.8 Å². The summed E-state index contributed by atoms with van der Waals surface area (Å²) in [5.74, 6) is -1.63. The number of rotatable bonds is 20. The smallest absolute Gasteiger partial charge is 0.408 e. The van der Waals surface area contributed by atoms with Crippen LogP contribution in [-0.2, 0) is 23.9 Å². The van der Waals surface area contributed by atoms with E-state index in [1.807, 2.05) is 40.9 Å². The van der Waals surface area contributed by atoms with Crippen LogP contribution in [0.5, 0.6) is 0 Å². The highest BCUT2D eigenvalue weighted by atomic mass is 32.2. The Morgan fingerprint density at radius 1 is 0.822 bits per heavy atom. The molecule has 0 fully saturated rings. The number of unbranched alkanes of at least 4 members (excludes halogenated alkanes) is 1. The zero-order chi connectivity index (χ0) is 34.9. The van der Waals surface area contributed by atoms with Gasteiger partial charge in [0, 0.05) is 6.54 Å². The first-order chi connectivity index (χ1) is 20.8. The van der Waals surface area contributed by atoms with Gasteiger partial charge in [-0.25, -0.2) is 4.79 Å². The molecule has 0 spiro atoms. The molecule has 262 valence electrons. The standard InChI is InChI=1S/C32H61N5O7S/c1-12-13-15-33-29(41)26(20(4)5)36-25(39)18-24(38)23(17-19(2)3)35-28(40)22(14-16-45-11)34-30(42)27(21(6)7)37-31(43)44-32(8,9)10/h19-24,26-27,38H,12-18H2,1-11H3,(H,33,41)(H,34,42)(H,35,40)(H,36,39)(H,37,43)/t22-,23?,24-,26+,27-/m0/s1. The molecule has 0 bridgehead atoms. The van der Waals surface area contributed by atoms with E-state index in [1.165, 1.54) is 11.8 Å². The van der Waals surface area contributed by atoms with Crippen LogP contribution in [0.3, 0.4) is 0 Å². The molecule has 0 rings (SSSR count). The Morgan fingerprint density at radius 3 is 1.89 bits per heavy atom. The number of nitrogens with one attached hydrogen (secondary N) is 5. The van der Waals surface area contributed by atoms with E-state index in [1.54, 1.807) is 34.6 Å². The highest BCUT2D eigenvalue weighted by Crippen LogP contribution is 2.14. The van der Waals surface area contributed by atoms with Crippen molar-refractivity contribution in [3.05, 3.63) is 0 Å². The lowest BCUT2D eigenvalue weighted by Crippen LogP contribution is -2.58. The highest BCUT2D eigenvalue weighted by molar-refractivity contribution is 7.98. The van der Waals surface area contributed by atoms with Crippen molar-refractivity contribution in [1.82, 2.24) is 26.6 Å². The molecule has 5 atom stereocenters. The topological polar surface area (TPSA) is 175 Å². The lowest BCUT2D eigenvalue weighted by molar-refractivity contribution is -0.133. The fourth-order valence-electron chi connectivity index (χ4n) is 4.44. The third-order valence-electron chi connectivity index (χ3n) is 6.87. The Morgan fingerprint density at radius 2 is 1.40 bits per heavy atom. The fraction of sp³-hybridized carbons (Fsp3) is 0.844. The molecule has 0 aliphatic heterocycles. The van der Waals surface area contributed by atoms with E-state index in [0.29, 0.717) is 25.1 Å². The summed E-state index contributed by atoms with van der Waals surface area (Å²) in [4.78, 5) is 64.8. The van der Waals surface area contributed by atoms with Crippen LogP contribution in [0.2, 0.25) is 0 Å². The third kappa shape index (κ3) is 18.3. The number of alkyl carbamates (subject to hydrolysis) is 1. The van der Waals surface area contributed by atoms with Gasteiger partial charge in [-0.05, 0) is 69.8 Å². The number of hydrogen-bond acceptors (Lipinski definition) is 8. The highest BCUT2D eigenvalue weighted by Gasteiger charge is 2.33. The van der Waals surface area contributed by atoms with Crippen LogP contribution < -0.4 is 26.6 Å². The van der Waals surface area contributed by atoms with Gasteiger partial charge in [0.05, 0.1) is 18.6 Å². The number of aliphatic hydroxyl groups is 1. The van der Waals surface area contributed by atoms with E-state index in [2.05, 4.69) is 26.6 Å². The van der Waals surface area contributed by atoms with Gasteiger partial charge < -0.3 is 36.4 Å². The SMILES string of the molecule is CCCCNC(=O)[C@H](NC(=O)C[C@H](O)C(CC(C)C)NC(=O)[C@H](CCSC)NC(=O)[C@@H](NC(=O)OC(C)(C)C)C(C)C)C(C)C. The molecule has 1 unspecified atom stereocenters. The minimum Gasteiger partial charge on any atom is -0.444 e. The normalized spacial score (nSPS) is 15.1. The van der Waals surface area contributed by atoms with Crippen molar-refractivity contribution in [2.24, 2.45) is 17.8 Å². The molecular formula is C32H61N5O7S.